The number of rotatable bonds is 3. The summed E-state index contributed by atoms with van der Waals surface area (Å²) in [4.78, 5) is 0. The molecule has 3 nitrogen and oxygen atoms in total. The molecular formula is C11H17NO2. The maximum Gasteiger partial charge on any atom is 0.0947 e. The first-order valence-electron chi connectivity index (χ1n) is 5.29. The first-order chi connectivity index (χ1) is 6.86. The normalized spacial score (nSPS) is 27.8. The summed E-state index contributed by atoms with van der Waals surface area (Å²) >= 11 is 0. The Kier molecular flexibility index (Phi) is 3.22. The molecule has 1 aromatic heterocycles. The smallest absolute Gasteiger partial charge is 0.0947 e. The minimum Gasteiger partial charge on any atom is -0.472 e. The Labute approximate surface area is 84.1 Å². The summed E-state index contributed by atoms with van der Waals surface area (Å²) in [7, 11) is 0. The Bertz CT molecular complexity index is 258. The molecule has 0 aromatic carbocycles. The standard InChI is InChI=1S/C11H17NO2/c13-11-4-2-1-3-10(11)12-7-9-5-6-14-8-9/h5-6,8,10-13H,1-4,7H2/t10-,11-/m1/s1. The Balaban J connectivity index is 1.79. The molecule has 1 fully saturated rings. The summed E-state index contributed by atoms with van der Waals surface area (Å²) < 4.78 is 4.98. The number of aliphatic hydroxyl groups excluding tert-OH is 1. The van der Waals surface area contributed by atoms with Gasteiger partial charge in [0.25, 0.3) is 0 Å². The van der Waals surface area contributed by atoms with Gasteiger partial charge in [-0.2, -0.15) is 0 Å². The minimum absolute atomic E-state index is 0.171. The Morgan fingerprint density at radius 1 is 1.43 bits per heavy atom. The van der Waals surface area contributed by atoms with Crippen LogP contribution in [0.5, 0.6) is 0 Å². The Morgan fingerprint density at radius 3 is 3.00 bits per heavy atom. The van der Waals surface area contributed by atoms with Crippen molar-refractivity contribution in [1.82, 2.24) is 5.32 Å². The molecule has 1 aromatic rings. The average Bonchev–Trinajstić information content (AvgIpc) is 2.69. The predicted molar refractivity (Wildman–Crippen MR) is 53.8 cm³/mol. The van der Waals surface area contributed by atoms with Crippen LogP contribution in [0.3, 0.4) is 0 Å². The van der Waals surface area contributed by atoms with Crippen LogP contribution >= 0.6 is 0 Å². The largest absolute Gasteiger partial charge is 0.472 e. The predicted octanol–water partition coefficient (Wildman–Crippen LogP) is 1.67. The fourth-order valence-corrected chi connectivity index (χ4v) is 1.99. The van der Waals surface area contributed by atoms with Gasteiger partial charge in [-0.25, -0.2) is 0 Å². The summed E-state index contributed by atoms with van der Waals surface area (Å²) in [6.07, 6.45) is 7.64. The van der Waals surface area contributed by atoms with Crippen molar-refractivity contribution >= 4 is 0 Å². The van der Waals surface area contributed by atoms with Gasteiger partial charge in [0.15, 0.2) is 0 Å². The first kappa shape index (κ1) is 9.74. The topological polar surface area (TPSA) is 45.4 Å². The molecular weight excluding hydrogens is 178 g/mol. The van der Waals surface area contributed by atoms with E-state index >= 15 is 0 Å². The van der Waals surface area contributed by atoms with Crippen molar-refractivity contribution in [2.24, 2.45) is 0 Å². The molecule has 0 saturated heterocycles. The molecule has 1 aliphatic rings. The summed E-state index contributed by atoms with van der Waals surface area (Å²) in [6.45, 7) is 0.790. The van der Waals surface area contributed by atoms with E-state index in [0.717, 1.165) is 31.4 Å². The molecule has 0 bridgehead atoms. The van der Waals surface area contributed by atoms with E-state index in [1.165, 1.54) is 6.42 Å². The van der Waals surface area contributed by atoms with E-state index < -0.39 is 0 Å². The zero-order valence-electron chi connectivity index (χ0n) is 8.28. The van der Waals surface area contributed by atoms with Crippen molar-refractivity contribution in [3.8, 4) is 0 Å². The lowest BCUT2D eigenvalue weighted by Gasteiger charge is -2.28. The third-order valence-corrected chi connectivity index (χ3v) is 2.88. The fraction of sp³-hybridized carbons (Fsp3) is 0.636. The van der Waals surface area contributed by atoms with E-state index in [1.54, 1.807) is 12.5 Å². The van der Waals surface area contributed by atoms with Crippen molar-refractivity contribution in [1.29, 1.82) is 0 Å². The third-order valence-electron chi connectivity index (χ3n) is 2.88. The van der Waals surface area contributed by atoms with E-state index in [0.29, 0.717) is 0 Å². The van der Waals surface area contributed by atoms with Crippen molar-refractivity contribution in [3.05, 3.63) is 24.2 Å². The van der Waals surface area contributed by atoms with Crippen LogP contribution in [-0.2, 0) is 6.54 Å². The lowest BCUT2D eigenvalue weighted by atomic mass is 9.92. The average molecular weight is 195 g/mol. The van der Waals surface area contributed by atoms with Gasteiger partial charge in [-0.15, -0.1) is 0 Å². The van der Waals surface area contributed by atoms with Crippen LogP contribution in [0.2, 0.25) is 0 Å². The van der Waals surface area contributed by atoms with E-state index in [9.17, 15) is 5.11 Å². The highest BCUT2D eigenvalue weighted by molar-refractivity contribution is 5.05. The van der Waals surface area contributed by atoms with Gasteiger partial charge >= 0.3 is 0 Å². The van der Waals surface area contributed by atoms with Gasteiger partial charge in [-0.05, 0) is 18.9 Å². The summed E-state index contributed by atoms with van der Waals surface area (Å²) in [6, 6.07) is 2.21. The molecule has 0 aliphatic heterocycles. The molecule has 0 amide bonds. The van der Waals surface area contributed by atoms with Crippen LogP contribution in [0.4, 0.5) is 0 Å². The molecule has 3 heteroatoms. The molecule has 2 N–H and O–H groups in total. The highest BCUT2D eigenvalue weighted by Gasteiger charge is 2.21. The van der Waals surface area contributed by atoms with E-state index in [4.69, 9.17) is 4.42 Å². The number of hydrogen-bond donors (Lipinski definition) is 2. The van der Waals surface area contributed by atoms with Crippen molar-refractivity contribution in [2.75, 3.05) is 0 Å². The fourth-order valence-electron chi connectivity index (χ4n) is 1.99. The van der Waals surface area contributed by atoms with Crippen LogP contribution in [0.15, 0.2) is 23.0 Å². The van der Waals surface area contributed by atoms with Crippen LogP contribution in [0.1, 0.15) is 31.2 Å². The lowest BCUT2D eigenvalue weighted by Crippen LogP contribution is -2.41. The summed E-state index contributed by atoms with van der Waals surface area (Å²) in [5.41, 5.74) is 1.14. The summed E-state index contributed by atoms with van der Waals surface area (Å²) in [5, 5.41) is 13.1. The van der Waals surface area contributed by atoms with E-state index in [2.05, 4.69) is 5.32 Å². The van der Waals surface area contributed by atoms with Gasteiger partial charge in [0.2, 0.25) is 0 Å². The van der Waals surface area contributed by atoms with Crippen LogP contribution < -0.4 is 5.32 Å². The SMILES string of the molecule is O[C@@H]1CCCC[C@H]1NCc1ccoc1. The van der Waals surface area contributed by atoms with Crippen molar-refractivity contribution < 1.29 is 9.52 Å². The van der Waals surface area contributed by atoms with Gasteiger partial charge in [0, 0.05) is 18.2 Å². The van der Waals surface area contributed by atoms with Crippen molar-refractivity contribution in [2.45, 2.75) is 44.4 Å². The second-order valence-electron chi connectivity index (χ2n) is 3.97. The zero-order chi connectivity index (χ0) is 9.80. The molecule has 78 valence electrons. The van der Waals surface area contributed by atoms with Gasteiger partial charge in [0.1, 0.15) is 0 Å². The van der Waals surface area contributed by atoms with Crippen LogP contribution in [-0.4, -0.2) is 17.3 Å². The Hall–Kier alpha value is -0.800. The molecule has 0 radical (unpaired) electrons. The van der Waals surface area contributed by atoms with Gasteiger partial charge in [0.05, 0.1) is 18.6 Å². The van der Waals surface area contributed by atoms with Crippen molar-refractivity contribution in [3.63, 3.8) is 0 Å². The monoisotopic (exact) mass is 195 g/mol. The molecule has 1 aliphatic carbocycles. The summed E-state index contributed by atoms with van der Waals surface area (Å²) in [5.74, 6) is 0. The van der Waals surface area contributed by atoms with Crippen LogP contribution in [0, 0.1) is 0 Å². The maximum absolute atomic E-state index is 9.71. The van der Waals surface area contributed by atoms with E-state index in [-0.39, 0.29) is 12.1 Å². The quantitative estimate of drug-likeness (QED) is 0.771. The minimum atomic E-state index is -0.171. The highest BCUT2D eigenvalue weighted by atomic mass is 16.3. The molecule has 1 heterocycles. The number of furan rings is 1. The molecule has 0 unspecified atom stereocenters. The molecule has 1 saturated carbocycles. The second kappa shape index (κ2) is 4.62. The third kappa shape index (κ3) is 2.36. The molecule has 14 heavy (non-hydrogen) atoms. The maximum atomic E-state index is 9.71. The zero-order valence-corrected chi connectivity index (χ0v) is 8.28. The van der Waals surface area contributed by atoms with Gasteiger partial charge in [-0.3, -0.25) is 0 Å². The lowest BCUT2D eigenvalue weighted by molar-refractivity contribution is 0.0902. The number of aliphatic hydroxyl groups is 1. The molecule has 2 rings (SSSR count). The van der Waals surface area contributed by atoms with Gasteiger partial charge < -0.3 is 14.8 Å². The Morgan fingerprint density at radius 2 is 2.29 bits per heavy atom. The van der Waals surface area contributed by atoms with Gasteiger partial charge in [-0.1, -0.05) is 12.8 Å². The first-order valence-corrected chi connectivity index (χ1v) is 5.29. The molecule has 2 atom stereocenters. The number of nitrogens with one attached hydrogen (secondary N) is 1. The van der Waals surface area contributed by atoms with Crippen LogP contribution in [0.25, 0.3) is 0 Å². The van der Waals surface area contributed by atoms with E-state index in [1.807, 2.05) is 6.07 Å². The second-order valence-corrected chi connectivity index (χ2v) is 3.97. The number of hydrogen-bond acceptors (Lipinski definition) is 3. The molecule has 0 spiro atoms. The highest BCUT2D eigenvalue weighted by Crippen LogP contribution is 2.18.